The van der Waals surface area contributed by atoms with Crippen LogP contribution in [0.25, 0.3) is 0 Å². The summed E-state index contributed by atoms with van der Waals surface area (Å²) in [5.41, 5.74) is -4.19. The van der Waals surface area contributed by atoms with E-state index in [1.54, 1.807) is 24.3 Å². The predicted octanol–water partition coefficient (Wildman–Crippen LogP) is 5.04. The van der Waals surface area contributed by atoms with E-state index in [2.05, 4.69) is 0 Å². The lowest BCUT2D eigenvalue weighted by Gasteiger charge is -2.33. The maximum atomic E-state index is 14.5. The van der Waals surface area contributed by atoms with Gasteiger partial charge in [0.15, 0.2) is 11.3 Å². The fraction of sp³-hybridized carbons (Fsp3) is 0.136. The second-order valence-electron chi connectivity index (χ2n) is 6.18. The molecule has 29 heavy (non-hydrogen) atoms. The smallest absolute Gasteiger partial charge is 0.437 e. The predicted molar refractivity (Wildman–Crippen MR) is 97.1 cm³/mol. The van der Waals surface area contributed by atoms with Crippen molar-refractivity contribution in [3.63, 3.8) is 0 Å². The molecule has 0 radical (unpaired) electrons. The SMILES string of the molecule is N#CC(C#N)=C1OC(c2ccccc2)(C(F)(F)F)C(/C=C/C2=CC=CC2)=C1C#N. The minimum absolute atomic E-state index is 0.261. The Morgan fingerprint density at radius 1 is 1.07 bits per heavy atom. The van der Waals surface area contributed by atoms with Gasteiger partial charge in [-0.1, -0.05) is 60.7 Å². The summed E-state index contributed by atoms with van der Waals surface area (Å²) >= 11 is 0. The van der Waals surface area contributed by atoms with E-state index in [0.717, 1.165) is 5.57 Å². The molecule has 142 valence electrons. The molecular formula is C22H12F3N3O. The van der Waals surface area contributed by atoms with Crippen LogP contribution in [0.4, 0.5) is 13.2 Å². The monoisotopic (exact) mass is 391 g/mol. The summed E-state index contributed by atoms with van der Waals surface area (Å²) in [5, 5.41) is 28.0. The van der Waals surface area contributed by atoms with Crippen molar-refractivity contribution >= 4 is 0 Å². The van der Waals surface area contributed by atoms with Crippen molar-refractivity contribution in [3.8, 4) is 18.2 Å². The van der Waals surface area contributed by atoms with Crippen LogP contribution >= 0.6 is 0 Å². The average molecular weight is 391 g/mol. The van der Waals surface area contributed by atoms with Gasteiger partial charge in [0.25, 0.3) is 5.60 Å². The number of benzene rings is 1. The van der Waals surface area contributed by atoms with Gasteiger partial charge in [-0.05, 0) is 12.0 Å². The molecule has 1 aliphatic heterocycles. The zero-order valence-electron chi connectivity index (χ0n) is 14.9. The van der Waals surface area contributed by atoms with E-state index in [1.165, 1.54) is 48.6 Å². The first kappa shape index (κ1) is 19.7. The largest absolute Gasteiger partial charge is 0.465 e. The highest BCUT2D eigenvalue weighted by Gasteiger charge is 2.65. The Morgan fingerprint density at radius 3 is 2.28 bits per heavy atom. The molecule has 0 N–H and O–H groups in total. The molecule has 7 heteroatoms. The van der Waals surface area contributed by atoms with Crippen LogP contribution in [0.3, 0.4) is 0 Å². The van der Waals surface area contributed by atoms with Crippen molar-refractivity contribution in [1.82, 2.24) is 0 Å². The molecule has 0 amide bonds. The van der Waals surface area contributed by atoms with Crippen molar-refractivity contribution in [2.45, 2.75) is 18.2 Å². The Labute approximate surface area is 165 Å². The lowest BCUT2D eigenvalue weighted by Crippen LogP contribution is -2.43. The highest BCUT2D eigenvalue weighted by molar-refractivity contribution is 5.63. The molecule has 0 fully saturated rings. The minimum Gasteiger partial charge on any atom is -0.465 e. The minimum atomic E-state index is -4.98. The van der Waals surface area contributed by atoms with Crippen molar-refractivity contribution in [3.05, 3.63) is 94.3 Å². The van der Waals surface area contributed by atoms with E-state index in [9.17, 15) is 29.0 Å². The zero-order valence-corrected chi connectivity index (χ0v) is 14.9. The Hall–Kier alpha value is -4.02. The number of ether oxygens (including phenoxy) is 1. The van der Waals surface area contributed by atoms with Crippen molar-refractivity contribution < 1.29 is 17.9 Å². The highest BCUT2D eigenvalue weighted by Crippen LogP contribution is 2.55. The first-order valence-corrected chi connectivity index (χ1v) is 8.43. The van der Waals surface area contributed by atoms with E-state index >= 15 is 0 Å². The van der Waals surface area contributed by atoms with Gasteiger partial charge in [0.2, 0.25) is 0 Å². The van der Waals surface area contributed by atoms with Crippen LogP contribution in [0.2, 0.25) is 0 Å². The molecule has 3 rings (SSSR count). The van der Waals surface area contributed by atoms with Gasteiger partial charge < -0.3 is 4.74 Å². The molecule has 1 atom stereocenters. The number of nitrogens with zero attached hydrogens (tertiary/aromatic N) is 3. The molecule has 4 nitrogen and oxygen atoms in total. The van der Waals surface area contributed by atoms with Crippen LogP contribution in [0, 0.1) is 34.0 Å². The quantitative estimate of drug-likeness (QED) is 0.676. The fourth-order valence-corrected chi connectivity index (χ4v) is 3.21. The first-order chi connectivity index (χ1) is 13.9. The van der Waals surface area contributed by atoms with Gasteiger partial charge in [-0.3, -0.25) is 0 Å². The van der Waals surface area contributed by atoms with Gasteiger partial charge in [0.1, 0.15) is 23.8 Å². The second kappa shape index (κ2) is 7.54. The first-order valence-electron chi connectivity index (χ1n) is 8.43. The Bertz CT molecular complexity index is 1100. The van der Waals surface area contributed by atoms with E-state index in [1.807, 2.05) is 6.08 Å². The molecule has 1 aromatic rings. The summed E-state index contributed by atoms with van der Waals surface area (Å²) in [7, 11) is 0. The van der Waals surface area contributed by atoms with Gasteiger partial charge in [0.05, 0.1) is 0 Å². The van der Waals surface area contributed by atoms with Gasteiger partial charge in [-0.15, -0.1) is 0 Å². The summed E-state index contributed by atoms with van der Waals surface area (Å²) < 4.78 is 48.8. The number of allylic oxidation sites excluding steroid dienone is 7. The topological polar surface area (TPSA) is 80.6 Å². The van der Waals surface area contributed by atoms with E-state index in [0.29, 0.717) is 6.42 Å². The van der Waals surface area contributed by atoms with Crippen LogP contribution in [-0.2, 0) is 10.3 Å². The fourth-order valence-electron chi connectivity index (χ4n) is 3.21. The molecular weight excluding hydrogens is 379 g/mol. The van der Waals surface area contributed by atoms with Gasteiger partial charge in [-0.2, -0.15) is 29.0 Å². The molecule has 0 saturated heterocycles. The van der Waals surface area contributed by atoms with Crippen LogP contribution in [0.15, 0.2) is 88.8 Å². The zero-order chi connectivity index (χ0) is 21.1. The molecule has 1 aliphatic carbocycles. The highest BCUT2D eigenvalue weighted by atomic mass is 19.4. The van der Waals surface area contributed by atoms with E-state index < -0.39 is 34.3 Å². The summed E-state index contributed by atoms with van der Waals surface area (Å²) in [6, 6.07) is 11.6. The van der Waals surface area contributed by atoms with E-state index in [4.69, 9.17) is 4.74 Å². The standard InChI is InChI=1S/C22H12F3N3O/c23-22(24,25)21(17-8-2-1-3-9-17)19(11-10-15-6-4-5-7-15)18(14-28)20(29-21)16(12-26)13-27/h1-6,8-11H,7H2/b11-10+. The number of nitriles is 3. The van der Waals surface area contributed by atoms with Gasteiger partial charge >= 0.3 is 6.18 Å². The lowest BCUT2D eigenvalue weighted by molar-refractivity contribution is -0.249. The van der Waals surface area contributed by atoms with Crippen LogP contribution in [-0.4, -0.2) is 6.18 Å². The van der Waals surface area contributed by atoms with E-state index in [-0.39, 0.29) is 5.56 Å². The summed E-state index contributed by atoms with van der Waals surface area (Å²) in [6.45, 7) is 0. The van der Waals surface area contributed by atoms with Crippen LogP contribution in [0.5, 0.6) is 0 Å². The Morgan fingerprint density at radius 2 is 1.76 bits per heavy atom. The molecule has 0 aromatic heterocycles. The number of rotatable bonds is 3. The van der Waals surface area contributed by atoms with Crippen molar-refractivity contribution in [2.75, 3.05) is 0 Å². The molecule has 0 bridgehead atoms. The number of halogens is 3. The van der Waals surface area contributed by atoms with Crippen LogP contribution < -0.4 is 0 Å². The average Bonchev–Trinajstić information content (AvgIpc) is 3.34. The molecule has 1 aromatic carbocycles. The number of hydrogen-bond donors (Lipinski definition) is 0. The molecule has 1 unspecified atom stereocenters. The van der Waals surface area contributed by atoms with Gasteiger partial charge in [-0.25, -0.2) is 0 Å². The van der Waals surface area contributed by atoms with Crippen molar-refractivity contribution in [2.24, 2.45) is 0 Å². The Kier molecular flexibility index (Phi) is 5.13. The summed E-state index contributed by atoms with van der Waals surface area (Å²) in [6.07, 6.45) is 3.57. The third-order valence-corrected chi connectivity index (χ3v) is 4.54. The molecule has 2 aliphatic rings. The lowest BCUT2D eigenvalue weighted by atomic mass is 9.83. The maximum Gasteiger partial charge on any atom is 0.437 e. The van der Waals surface area contributed by atoms with Crippen LogP contribution in [0.1, 0.15) is 12.0 Å². The second-order valence-corrected chi connectivity index (χ2v) is 6.18. The molecule has 0 saturated carbocycles. The third kappa shape index (κ3) is 3.22. The molecule has 1 heterocycles. The number of alkyl halides is 3. The van der Waals surface area contributed by atoms with Gasteiger partial charge in [0, 0.05) is 11.1 Å². The molecule has 0 spiro atoms. The summed E-state index contributed by atoms with van der Waals surface area (Å²) in [5.74, 6) is -0.670. The third-order valence-electron chi connectivity index (χ3n) is 4.54. The van der Waals surface area contributed by atoms with Crippen molar-refractivity contribution in [1.29, 1.82) is 15.8 Å². The number of hydrogen-bond acceptors (Lipinski definition) is 4. The summed E-state index contributed by atoms with van der Waals surface area (Å²) in [4.78, 5) is 0. The Balaban J connectivity index is 2.36. The normalized spacial score (nSPS) is 20.8. The maximum absolute atomic E-state index is 14.5.